The van der Waals surface area contributed by atoms with Crippen molar-refractivity contribution in [3.05, 3.63) is 24.4 Å². The molecule has 0 amide bonds. The maximum Gasteiger partial charge on any atom is 0.305 e. The van der Waals surface area contributed by atoms with Gasteiger partial charge in [0.15, 0.2) is 11.5 Å². The van der Waals surface area contributed by atoms with Gasteiger partial charge in [0.05, 0.1) is 20.8 Å². The molecule has 0 atom stereocenters. The van der Waals surface area contributed by atoms with Crippen molar-refractivity contribution in [1.29, 1.82) is 0 Å². The first kappa shape index (κ1) is 12.3. The van der Waals surface area contributed by atoms with Gasteiger partial charge in [-0.15, -0.1) is 0 Å². The average molecular weight is 249 g/mol. The van der Waals surface area contributed by atoms with E-state index < -0.39 is 0 Å². The van der Waals surface area contributed by atoms with Gasteiger partial charge in [-0.3, -0.25) is 0 Å². The number of aromatic nitrogens is 1. The molecule has 0 radical (unpaired) electrons. The summed E-state index contributed by atoms with van der Waals surface area (Å²) in [7, 11) is 3.18. The SMILES string of the molecule is CCOc1cnc(-c2ccc(OC)c(OC)c2)o1. The molecule has 5 nitrogen and oxygen atoms in total. The minimum atomic E-state index is 0.405. The number of methoxy groups -OCH3 is 2. The molecule has 0 aliphatic carbocycles. The third-order valence-corrected chi connectivity index (χ3v) is 2.40. The zero-order chi connectivity index (χ0) is 13.0. The highest BCUT2D eigenvalue weighted by molar-refractivity contribution is 5.60. The molecule has 2 rings (SSSR count). The summed E-state index contributed by atoms with van der Waals surface area (Å²) in [6.07, 6.45) is 1.55. The normalized spacial score (nSPS) is 10.2. The molecule has 2 aromatic rings. The molecule has 18 heavy (non-hydrogen) atoms. The molecule has 1 aromatic carbocycles. The fourth-order valence-electron chi connectivity index (χ4n) is 1.57. The second kappa shape index (κ2) is 5.44. The van der Waals surface area contributed by atoms with Crippen LogP contribution in [0.1, 0.15) is 6.92 Å². The second-order valence-electron chi connectivity index (χ2n) is 3.49. The summed E-state index contributed by atoms with van der Waals surface area (Å²) in [6, 6.07) is 5.46. The molecule has 0 saturated carbocycles. The molecule has 1 heterocycles. The van der Waals surface area contributed by atoms with Crippen LogP contribution in [0.15, 0.2) is 28.8 Å². The molecule has 0 spiro atoms. The Hall–Kier alpha value is -2.17. The van der Waals surface area contributed by atoms with Crippen LogP contribution >= 0.6 is 0 Å². The Balaban J connectivity index is 2.31. The zero-order valence-corrected chi connectivity index (χ0v) is 10.6. The van der Waals surface area contributed by atoms with Gasteiger partial charge in [0.1, 0.15) is 6.20 Å². The molecular formula is C13H15NO4. The van der Waals surface area contributed by atoms with Gasteiger partial charge in [-0.1, -0.05) is 0 Å². The Morgan fingerprint density at radius 3 is 2.61 bits per heavy atom. The van der Waals surface area contributed by atoms with Gasteiger partial charge in [0.2, 0.25) is 5.89 Å². The average Bonchev–Trinajstić information content (AvgIpc) is 2.87. The predicted molar refractivity (Wildman–Crippen MR) is 66.2 cm³/mol. The molecule has 0 unspecified atom stereocenters. The highest BCUT2D eigenvalue weighted by atomic mass is 16.6. The van der Waals surface area contributed by atoms with Crippen LogP contribution in [0.4, 0.5) is 0 Å². The van der Waals surface area contributed by atoms with E-state index >= 15 is 0 Å². The molecule has 0 aliphatic heterocycles. The molecular weight excluding hydrogens is 234 g/mol. The minimum absolute atomic E-state index is 0.405. The minimum Gasteiger partial charge on any atom is -0.493 e. The van der Waals surface area contributed by atoms with Crippen LogP contribution in [0, 0.1) is 0 Å². The molecule has 5 heteroatoms. The van der Waals surface area contributed by atoms with Crippen LogP contribution in [-0.4, -0.2) is 25.8 Å². The van der Waals surface area contributed by atoms with Crippen molar-refractivity contribution >= 4 is 0 Å². The number of oxazole rings is 1. The molecule has 0 aliphatic rings. The van der Waals surface area contributed by atoms with E-state index in [-0.39, 0.29) is 0 Å². The van der Waals surface area contributed by atoms with E-state index in [1.54, 1.807) is 32.5 Å². The van der Waals surface area contributed by atoms with Crippen LogP contribution in [-0.2, 0) is 0 Å². The number of hydrogen-bond donors (Lipinski definition) is 0. The largest absolute Gasteiger partial charge is 0.493 e. The summed E-state index contributed by atoms with van der Waals surface area (Å²) in [5.74, 6) is 2.19. The molecule has 0 bridgehead atoms. The van der Waals surface area contributed by atoms with Crippen molar-refractivity contribution < 1.29 is 18.6 Å². The number of hydrogen-bond acceptors (Lipinski definition) is 5. The van der Waals surface area contributed by atoms with E-state index in [4.69, 9.17) is 18.6 Å². The highest BCUT2D eigenvalue weighted by Crippen LogP contribution is 2.32. The Morgan fingerprint density at radius 1 is 1.17 bits per heavy atom. The van der Waals surface area contributed by atoms with Crippen molar-refractivity contribution in [2.75, 3.05) is 20.8 Å². The summed E-state index contributed by atoms with van der Waals surface area (Å²) in [5, 5.41) is 0. The number of nitrogens with zero attached hydrogens (tertiary/aromatic N) is 1. The molecule has 0 fully saturated rings. The quantitative estimate of drug-likeness (QED) is 0.815. The highest BCUT2D eigenvalue weighted by Gasteiger charge is 2.11. The van der Waals surface area contributed by atoms with E-state index in [2.05, 4.69) is 4.98 Å². The maximum atomic E-state index is 5.45. The Morgan fingerprint density at radius 2 is 1.94 bits per heavy atom. The van der Waals surface area contributed by atoms with Crippen molar-refractivity contribution in [3.63, 3.8) is 0 Å². The van der Waals surface area contributed by atoms with Crippen molar-refractivity contribution in [3.8, 4) is 28.9 Å². The molecule has 0 N–H and O–H groups in total. The van der Waals surface area contributed by atoms with Crippen LogP contribution in [0.3, 0.4) is 0 Å². The smallest absolute Gasteiger partial charge is 0.305 e. The lowest BCUT2D eigenvalue weighted by molar-refractivity contribution is 0.260. The van der Waals surface area contributed by atoms with E-state index in [9.17, 15) is 0 Å². The summed E-state index contributed by atoms with van der Waals surface area (Å²) in [6.45, 7) is 2.43. The third kappa shape index (κ3) is 2.40. The van der Waals surface area contributed by atoms with Gasteiger partial charge in [0, 0.05) is 5.56 Å². The van der Waals surface area contributed by atoms with E-state index in [0.29, 0.717) is 29.9 Å². The van der Waals surface area contributed by atoms with Gasteiger partial charge in [-0.05, 0) is 25.1 Å². The fraction of sp³-hybridized carbons (Fsp3) is 0.308. The van der Waals surface area contributed by atoms with Crippen molar-refractivity contribution in [2.45, 2.75) is 6.92 Å². The molecule has 0 saturated heterocycles. The second-order valence-corrected chi connectivity index (χ2v) is 3.49. The van der Waals surface area contributed by atoms with Gasteiger partial charge >= 0.3 is 5.95 Å². The lowest BCUT2D eigenvalue weighted by Crippen LogP contribution is -1.90. The maximum absolute atomic E-state index is 5.45. The summed E-state index contributed by atoms with van der Waals surface area (Å²) < 4.78 is 21.1. The van der Waals surface area contributed by atoms with Crippen LogP contribution in [0.25, 0.3) is 11.5 Å². The predicted octanol–water partition coefficient (Wildman–Crippen LogP) is 2.76. The lowest BCUT2D eigenvalue weighted by Gasteiger charge is -2.07. The van der Waals surface area contributed by atoms with Gasteiger partial charge in [-0.2, -0.15) is 0 Å². The lowest BCUT2D eigenvalue weighted by atomic mass is 10.2. The van der Waals surface area contributed by atoms with Crippen LogP contribution < -0.4 is 14.2 Å². The van der Waals surface area contributed by atoms with E-state index in [1.165, 1.54) is 0 Å². The van der Waals surface area contributed by atoms with Gasteiger partial charge in [0.25, 0.3) is 0 Å². The first-order valence-corrected chi connectivity index (χ1v) is 5.59. The first-order chi connectivity index (χ1) is 8.78. The molecule has 1 aromatic heterocycles. The fourth-order valence-corrected chi connectivity index (χ4v) is 1.57. The zero-order valence-electron chi connectivity index (χ0n) is 10.6. The topological polar surface area (TPSA) is 53.7 Å². The third-order valence-electron chi connectivity index (χ3n) is 2.40. The summed E-state index contributed by atoms with van der Waals surface area (Å²) in [5.41, 5.74) is 0.804. The van der Waals surface area contributed by atoms with E-state index in [0.717, 1.165) is 5.56 Å². The number of ether oxygens (including phenoxy) is 3. The van der Waals surface area contributed by atoms with Crippen LogP contribution in [0.2, 0.25) is 0 Å². The van der Waals surface area contributed by atoms with E-state index in [1.807, 2.05) is 13.0 Å². The monoisotopic (exact) mass is 249 g/mol. The summed E-state index contributed by atoms with van der Waals surface area (Å²) >= 11 is 0. The van der Waals surface area contributed by atoms with Gasteiger partial charge < -0.3 is 18.6 Å². The Kier molecular flexibility index (Phi) is 3.72. The van der Waals surface area contributed by atoms with Crippen molar-refractivity contribution in [1.82, 2.24) is 4.98 Å². The van der Waals surface area contributed by atoms with Crippen LogP contribution in [0.5, 0.6) is 17.4 Å². The number of rotatable bonds is 5. The van der Waals surface area contributed by atoms with Gasteiger partial charge in [-0.25, -0.2) is 4.98 Å². The Labute approximate surface area is 105 Å². The Bertz CT molecular complexity index is 521. The van der Waals surface area contributed by atoms with Crippen molar-refractivity contribution in [2.24, 2.45) is 0 Å². The summed E-state index contributed by atoms with van der Waals surface area (Å²) in [4.78, 5) is 4.15. The number of benzene rings is 1. The first-order valence-electron chi connectivity index (χ1n) is 5.59. The molecule has 96 valence electrons. The standard InChI is InChI=1S/C13H15NO4/c1-4-17-12-8-14-13(18-12)9-5-6-10(15-2)11(7-9)16-3/h5-8H,4H2,1-3H3.